The maximum atomic E-state index is 12.8. The van der Waals surface area contributed by atoms with Crippen LogP contribution in [0.1, 0.15) is 42.5 Å². The normalized spacial score (nSPS) is 15.0. The predicted octanol–water partition coefficient (Wildman–Crippen LogP) is 2.97. The van der Waals surface area contributed by atoms with Gasteiger partial charge in [0.1, 0.15) is 11.5 Å². The van der Waals surface area contributed by atoms with Gasteiger partial charge in [0.15, 0.2) is 0 Å². The Kier molecular flexibility index (Phi) is 3.91. The summed E-state index contributed by atoms with van der Waals surface area (Å²) in [5.41, 5.74) is 0.924. The van der Waals surface area contributed by atoms with E-state index in [1.807, 2.05) is 20.0 Å². The lowest BCUT2D eigenvalue weighted by Crippen LogP contribution is -2.33. The zero-order chi connectivity index (χ0) is 16.6. The number of halogens is 3. The molecule has 3 heterocycles. The smallest absolute Gasteiger partial charge is 0.335 e. The second-order valence-corrected chi connectivity index (χ2v) is 5.77. The standard InChI is InChI=1S/C15H16F3N5/c1-9(2)13-20-7-10-4-6-23(8-11(10)21-13)14-19-5-3-12(22-14)15(16,17)18/h3,5,7,9H,4,6,8H2,1-2H3. The van der Waals surface area contributed by atoms with Crippen LogP contribution in [0.2, 0.25) is 0 Å². The molecular formula is C15H16F3N5. The van der Waals surface area contributed by atoms with Gasteiger partial charge in [0.05, 0.1) is 12.2 Å². The average Bonchev–Trinajstić information content (AvgIpc) is 2.53. The summed E-state index contributed by atoms with van der Waals surface area (Å²) in [5, 5.41) is 0. The lowest BCUT2D eigenvalue weighted by molar-refractivity contribution is -0.141. The highest BCUT2D eigenvalue weighted by molar-refractivity contribution is 5.37. The van der Waals surface area contributed by atoms with Crippen LogP contribution in [-0.2, 0) is 19.1 Å². The molecule has 1 aliphatic heterocycles. The maximum Gasteiger partial charge on any atom is 0.433 e. The predicted molar refractivity (Wildman–Crippen MR) is 77.9 cm³/mol. The minimum Gasteiger partial charge on any atom is -0.335 e. The zero-order valence-corrected chi connectivity index (χ0v) is 12.8. The van der Waals surface area contributed by atoms with E-state index in [4.69, 9.17) is 0 Å². The van der Waals surface area contributed by atoms with Crippen LogP contribution in [0.25, 0.3) is 0 Å². The molecule has 3 rings (SSSR count). The van der Waals surface area contributed by atoms with Crippen molar-refractivity contribution >= 4 is 5.95 Å². The third-order valence-corrected chi connectivity index (χ3v) is 3.70. The van der Waals surface area contributed by atoms with Gasteiger partial charge in [-0.15, -0.1) is 0 Å². The van der Waals surface area contributed by atoms with Crippen molar-refractivity contribution in [2.45, 2.75) is 38.9 Å². The maximum absolute atomic E-state index is 12.8. The Labute approximate surface area is 131 Å². The van der Waals surface area contributed by atoms with Gasteiger partial charge in [-0.05, 0) is 18.1 Å². The van der Waals surface area contributed by atoms with Gasteiger partial charge in [-0.1, -0.05) is 13.8 Å². The van der Waals surface area contributed by atoms with Crippen LogP contribution in [0.3, 0.4) is 0 Å². The molecule has 0 saturated heterocycles. The molecule has 0 atom stereocenters. The Morgan fingerprint density at radius 1 is 1.17 bits per heavy atom. The minimum absolute atomic E-state index is 0.0789. The first-order valence-corrected chi connectivity index (χ1v) is 7.34. The second kappa shape index (κ2) is 5.75. The Bertz CT molecular complexity index is 714. The molecule has 0 unspecified atom stereocenters. The summed E-state index contributed by atoms with van der Waals surface area (Å²) in [6.07, 6.45) is -0.867. The number of anilines is 1. The number of rotatable bonds is 2. The lowest BCUT2D eigenvalue weighted by Gasteiger charge is -2.28. The molecule has 0 saturated carbocycles. The Balaban J connectivity index is 1.88. The summed E-state index contributed by atoms with van der Waals surface area (Å²) < 4.78 is 38.4. The van der Waals surface area contributed by atoms with Crippen molar-refractivity contribution in [1.82, 2.24) is 19.9 Å². The van der Waals surface area contributed by atoms with Crippen LogP contribution in [0.5, 0.6) is 0 Å². The number of alkyl halides is 3. The molecule has 23 heavy (non-hydrogen) atoms. The molecule has 0 amide bonds. The molecule has 0 aliphatic carbocycles. The van der Waals surface area contributed by atoms with Crippen molar-refractivity contribution in [3.63, 3.8) is 0 Å². The molecule has 1 aliphatic rings. The number of nitrogens with zero attached hydrogens (tertiary/aromatic N) is 5. The molecule has 0 bridgehead atoms. The molecule has 122 valence electrons. The van der Waals surface area contributed by atoms with Gasteiger partial charge in [-0.2, -0.15) is 13.2 Å². The van der Waals surface area contributed by atoms with Gasteiger partial charge in [0, 0.05) is 24.9 Å². The summed E-state index contributed by atoms with van der Waals surface area (Å²) in [5.74, 6) is 1.01. The summed E-state index contributed by atoms with van der Waals surface area (Å²) >= 11 is 0. The van der Waals surface area contributed by atoms with E-state index in [1.54, 1.807) is 4.90 Å². The van der Waals surface area contributed by atoms with Gasteiger partial charge in [0.25, 0.3) is 0 Å². The fourth-order valence-electron chi connectivity index (χ4n) is 2.43. The van der Waals surface area contributed by atoms with E-state index in [0.29, 0.717) is 19.5 Å². The van der Waals surface area contributed by atoms with Gasteiger partial charge in [-0.25, -0.2) is 19.9 Å². The Morgan fingerprint density at radius 2 is 1.96 bits per heavy atom. The Morgan fingerprint density at radius 3 is 2.65 bits per heavy atom. The highest BCUT2D eigenvalue weighted by Crippen LogP contribution is 2.29. The van der Waals surface area contributed by atoms with Crippen LogP contribution < -0.4 is 4.90 Å². The van der Waals surface area contributed by atoms with Gasteiger partial charge >= 0.3 is 6.18 Å². The van der Waals surface area contributed by atoms with Crippen molar-refractivity contribution in [2.75, 3.05) is 11.4 Å². The SMILES string of the molecule is CC(C)c1ncc2c(n1)CN(c1nccc(C(F)(F)F)n1)CC2. The van der Waals surface area contributed by atoms with Crippen molar-refractivity contribution in [3.05, 3.63) is 41.2 Å². The number of fused-ring (bicyclic) bond motifs is 1. The molecule has 0 aromatic carbocycles. The number of hydrogen-bond acceptors (Lipinski definition) is 5. The lowest BCUT2D eigenvalue weighted by atomic mass is 10.1. The van der Waals surface area contributed by atoms with Crippen molar-refractivity contribution in [2.24, 2.45) is 0 Å². The van der Waals surface area contributed by atoms with Crippen molar-refractivity contribution in [1.29, 1.82) is 0 Å². The molecule has 5 nitrogen and oxygen atoms in total. The molecule has 0 N–H and O–H groups in total. The second-order valence-electron chi connectivity index (χ2n) is 5.77. The zero-order valence-electron chi connectivity index (χ0n) is 12.8. The Hall–Kier alpha value is -2.25. The molecule has 0 spiro atoms. The molecule has 2 aromatic rings. The van der Waals surface area contributed by atoms with Crippen molar-refractivity contribution < 1.29 is 13.2 Å². The van der Waals surface area contributed by atoms with E-state index in [-0.39, 0.29) is 11.9 Å². The summed E-state index contributed by atoms with van der Waals surface area (Å²) in [7, 11) is 0. The molecule has 2 aromatic heterocycles. The highest BCUT2D eigenvalue weighted by Gasteiger charge is 2.33. The van der Waals surface area contributed by atoms with E-state index >= 15 is 0 Å². The van der Waals surface area contributed by atoms with E-state index in [9.17, 15) is 13.2 Å². The van der Waals surface area contributed by atoms with E-state index in [0.717, 1.165) is 29.3 Å². The topological polar surface area (TPSA) is 54.8 Å². The van der Waals surface area contributed by atoms with Crippen molar-refractivity contribution in [3.8, 4) is 0 Å². The largest absolute Gasteiger partial charge is 0.433 e. The van der Waals surface area contributed by atoms with Gasteiger partial charge < -0.3 is 4.90 Å². The fraction of sp³-hybridized carbons (Fsp3) is 0.467. The van der Waals surface area contributed by atoms with Gasteiger partial charge in [0.2, 0.25) is 5.95 Å². The first-order chi connectivity index (χ1) is 10.8. The quantitative estimate of drug-likeness (QED) is 0.850. The van der Waals surface area contributed by atoms with Crippen LogP contribution in [0.4, 0.5) is 19.1 Å². The van der Waals surface area contributed by atoms with Crippen LogP contribution in [0.15, 0.2) is 18.5 Å². The van der Waals surface area contributed by atoms with E-state index in [1.165, 1.54) is 0 Å². The summed E-state index contributed by atoms with van der Waals surface area (Å²) in [6.45, 7) is 4.92. The first kappa shape index (κ1) is 15.6. The fourth-order valence-corrected chi connectivity index (χ4v) is 2.43. The number of aromatic nitrogens is 4. The van der Waals surface area contributed by atoms with Crippen LogP contribution in [0, 0.1) is 0 Å². The molecule has 0 fully saturated rings. The third kappa shape index (κ3) is 3.25. The average molecular weight is 323 g/mol. The van der Waals surface area contributed by atoms with E-state index < -0.39 is 11.9 Å². The van der Waals surface area contributed by atoms with Gasteiger partial charge in [-0.3, -0.25) is 0 Å². The third-order valence-electron chi connectivity index (χ3n) is 3.70. The highest BCUT2D eigenvalue weighted by atomic mass is 19.4. The summed E-state index contributed by atoms with van der Waals surface area (Å²) in [6, 6.07) is 0.875. The minimum atomic E-state index is -4.47. The first-order valence-electron chi connectivity index (χ1n) is 7.34. The van der Waals surface area contributed by atoms with Crippen LogP contribution in [-0.4, -0.2) is 26.5 Å². The number of hydrogen-bond donors (Lipinski definition) is 0. The monoisotopic (exact) mass is 323 g/mol. The van der Waals surface area contributed by atoms with Crippen LogP contribution >= 0.6 is 0 Å². The molecule has 0 radical (unpaired) electrons. The molecular weight excluding hydrogens is 307 g/mol. The molecule has 8 heteroatoms. The van der Waals surface area contributed by atoms with E-state index in [2.05, 4.69) is 19.9 Å². The summed E-state index contributed by atoms with van der Waals surface area (Å²) in [4.78, 5) is 18.2.